The molecule has 228 valence electrons. The van der Waals surface area contributed by atoms with Crippen LogP contribution in [0.5, 0.6) is 0 Å². The lowest BCUT2D eigenvalue weighted by atomic mass is 10.1. The zero-order valence-corrected chi connectivity index (χ0v) is 26.5. The van der Waals surface area contributed by atoms with Crippen LogP contribution >= 0.6 is 0 Å². The molecule has 0 saturated carbocycles. The lowest BCUT2D eigenvalue weighted by Gasteiger charge is -2.21. The van der Waals surface area contributed by atoms with E-state index in [-0.39, 0.29) is 12.2 Å². The number of aliphatic hydroxyl groups is 4. The smallest absolute Gasteiger partial charge is 0.0758 e. The summed E-state index contributed by atoms with van der Waals surface area (Å²) in [4.78, 5) is 9.20. The number of β-amino-alcohol motifs (C(OH)–C–C–N with tert-alkyl or cyclic N) is 4. The van der Waals surface area contributed by atoms with Gasteiger partial charge in [0.2, 0.25) is 0 Å². The SMILES string of the molecule is CC(C)N1CC[C@@H](O)C1.CC(C)N1CC[C@@H](O)C1.CC(C)N1CC[C@@](C)(O)C1.CC(C)N1CC[C@@](C)(O)C1. The zero-order valence-electron chi connectivity index (χ0n) is 26.5. The van der Waals surface area contributed by atoms with Gasteiger partial charge in [0.25, 0.3) is 0 Å². The van der Waals surface area contributed by atoms with Crippen LogP contribution in [0.2, 0.25) is 0 Å². The summed E-state index contributed by atoms with van der Waals surface area (Å²) in [6, 6.07) is 2.35. The monoisotopic (exact) mass is 544 g/mol. The minimum atomic E-state index is -0.426. The molecule has 0 amide bonds. The quantitative estimate of drug-likeness (QED) is 0.429. The van der Waals surface area contributed by atoms with Crippen LogP contribution in [-0.2, 0) is 0 Å². The summed E-state index contributed by atoms with van der Waals surface area (Å²) < 4.78 is 0. The number of hydrogen-bond acceptors (Lipinski definition) is 8. The number of aliphatic hydroxyl groups excluding tert-OH is 2. The maximum Gasteiger partial charge on any atom is 0.0758 e. The van der Waals surface area contributed by atoms with E-state index in [4.69, 9.17) is 10.2 Å². The first-order chi connectivity index (χ1) is 17.4. The van der Waals surface area contributed by atoms with Crippen molar-refractivity contribution in [2.45, 2.75) is 142 Å². The largest absolute Gasteiger partial charge is 0.392 e. The van der Waals surface area contributed by atoms with Crippen LogP contribution in [0.4, 0.5) is 0 Å². The molecule has 0 unspecified atom stereocenters. The molecule has 4 atom stereocenters. The van der Waals surface area contributed by atoms with Crippen molar-refractivity contribution in [1.29, 1.82) is 0 Å². The Balaban J connectivity index is 0.000000254. The van der Waals surface area contributed by atoms with Crippen molar-refractivity contribution < 1.29 is 20.4 Å². The lowest BCUT2D eigenvalue weighted by Crippen LogP contribution is -2.33. The summed E-state index contributed by atoms with van der Waals surface area (Å²) >= 11 is 0. The Bertz CT molecular complexity index is 588. The van der Waals surface area contributed by atoms with E-state index in [9.17, 15) is 10.2 Å². The van der Waals surface area contributed by atoms with Crippen LogP contribution in [0.1, 0.15) is 94.9 Å². The third kappa shape index (κ3) is 13.8. The fraction of sp³-hybridized carbons (Fsp3) is 1.00. The minimum Gasteiger partial charge on any atom is -0.392 e. The van der Waals surface area contributed by atoms with Gasteiger partial charge in [-0.3, -0.25) is 19.6 Å². The van der Waals surface area contributed by atoms with Crippen molar-refractivity contribution in [2.24, 2.45) is 0 Å². The Morgan fingerprint density at radius 1 is 0.526 bits per heavy atom. The third-order valence-corrected chi connectivity index (χ3v) is 8.27. The van der Waals surface area contributed by atoms with E-state index >= 15 is 0 Å². The molecule has 0 aromatic carbocycles. The maximum absolute atomic E-state index is 9.57. The van der Waals surface area contributed by atoms with E-state index in [1.54, 1.807) is 0 Å². The normalized spacial score (nSPS) is 33.0. The third-order valence-electron chi connectivity index (χ3n) is 8.27. The second-order valence-corrected chi connectivity index (χ2v) is 13.7. The van der Waals surface area contributed by atoms with Gasteiger partial charge in [-0.05, 0) is 94.9 Å². The van der Waals surface area contributed by atoms with Gasteiger partial charge < -0.3 is 20.4 Å². The van der Waals surface area contributed by atoms with Gasteiger partial charge in [-0.15, -0.1) is 0 Å². The van der Waals surface area contributed by atoms with Gasteiger partial charge in [-0.25, -0.2) is 0 Å². The summed E-state index contributed by atoms with van der Waals surface area (Å²) in [5.74, 6) is 0. The Hall–Kier alpha value is -0.320. The van der Waals surface area contributed by atoms with Crippen molar-refractivity contribution in [1.82, 2.24) is 19.6 Å². The van der Waals surface area contributed by atoms with Crippen LogP contribution in [-0.4, -0.2) is 140 Å². The van der Waals surface area contributed by atoms with Crippen LogP contribution in [0.3, 0.4) is 0 Å². The topological polar surface area (TPSA) is 93.9 Å². The van der Waals surface area contributed by atoms with E-state index in [2.05, 4.69) is 75.0 Å². The molecule has 0 aromatic rings. The Morgan fingerprint density at radius 3 is 0.921 bits per heavy atom. The molecule has 4 saturated heterocycles. The van der Waals surface area contributed by atoms with Gasteiger partial charge in [0.15, 0.2) is 0 Å². The molecule has 0 spiro atoms. The molecule has 0 radical (unpaired) electrons. The molecule has 8 heteroatoms. The van der Waals surface area contributed by atoms with Crippen LogP contribution in [0.25, 0.3) is 0 Å². The van der Waals surface area contributed by atoms with Gasteiger partial charge >= 0.3 is 0 Å². The van der Waals surface area contributed by atoms with Crippen LogP contribution < -0.4 is 0 Å². The van der Waals surface area contributed by atoms with E-state index < -0.39 is 11.2 Å². The highest BCUT2D eigenvalue weighted by atomic mass is 16.3. The summed E-state index contributed by atoms with van der Waals surface area (Å²) in [6.45, 7) is 28.8. The molecule has 4 aliphatic heterocycles. The summed E-state index contributed by atoms with van der Waals surface area (Å²) in [7, 11) is 0. The van der Waals surface area contributed by atoms with Crippen LogP contribution in [0.15, 0.2) is 0 Å². The summed E-state index contributed by atoms with van der Waals surface area (Å²) in [6.07, 6.45) is 3.63. The van der Waals surface area contributed by atoms with E-state index in [1.165, 1.54) is 0 Å². The number of likely N-dealkylation sites (tertiary alicyclic amines) is 4. The molecular weight excluding hydrogens is 480 g/mol. The molecule has 4 heterocycles. The van der Waals surface area contributed by atoms with Crippen LogP contribution in [0, 0.1) is 0 Å². The first kappa shape index (κ1) is 35.7. The fourth-order valence-electron chi connectivity index (χ4n) is 5.32. The summed E-state index contributed by atoms with van der Waals surface area (Å²) in [5, 5.41) is 37.4. The summed E-state index contributed by atoms with van der Waals surface area (Å²) in [5.41, 5.74) is -0.853. The molecule has 4 aliphatic rings. The first-order valence-electron chi connectivity index (χ1n) is 15.2. The van der Waals surface area contributed by atoms with E-state index in [0.29, 0.717) is 24.2 Å². The molecule has 0 aliphatic carbocycles. The highest BCUT2D eigenvalue weighted by molar-refractivity contribution is 4.88. The number of hydrogen-bond donors (Lipinski definition) is 4. The van der Waals surface area contributed by atoms with Crippen molar-refractivity contribution in [3.8, 4) is 0 Å². The first-order valence-corrected chi connectivity index (χ1v) is 15.2. The number of nitrogens with zero attached hydrogens (tertiary/aromatic N) is 4. The standard InChI is InChI=1S/2C8H17NO.2C7H15NO/c2*1-7(2)9-5-4-8(3,10)6-9;2*1-6(2)8-4-3-7(9)5-8/h2*7,10H,4-6H2,1-3H3;2*6-7,9H,3-5H2,1-2H3/t2*8-;2*7-/m1111/s1. The van der Waals surface area contributed by atoms with Gasteiger partial charge in [0.1, 0.15) is 0 Å². The molecule has 8 nitrogen and oxygen atoms in total. The van der Waals surface area contributed by atoms with Crippen molar-refractivity contribution >= 4 is 0 Å². The van der Waals surface area contributed by atoms with Crippen molar-refractivity contribution in [3.05, 3.63) is 0 Å². The predicted octanol–water partition coefficient (Wildman–Crippen LogP) is 2.63. The predicted molar refractivity (Wildman–Crippen MR) is 159 cm³/mol. The number of rotatable bonds is 4. The molecule has 38 heavy (non-hydrogen) atoms. The molecule has 4 fully saturated rings. The second kappa shape index (κ2) is 16.2. The average Bonchev–Trinajstić information content (AvgIpc) is 3.57. The lowest BCUT2D eigenvalue weighted by molar-refractivity contribution is 0.0642. The maximum atomic E-state index is 9.57. The van der Waals surface area contributed by atoms with Gasteiger partial charge in [-0.2, -0.15) is 0 Å². The van der Waals surface area contributed by atoms with Crippen molar-refractivity contribution in [2.75, 3.05) is 52.4 Å². The molecule has 4 rings (SSSR count). The van der Waals surface area contributed by atoms with E-state index in [0.717, 1.165) is 78.0 Å². The average molecular weight is 545 g/mol. The molecule has 4 N–H and O–H groups in total. The van der Waals surface area contributed by atoms with Gasteiger partial charge in [0, 0.05) is 76.5 Å². The van der Waals surface area contributed by atoms with Crippen molar-refractivity contribution in [3.63, 3.8) is 0 Å². The van der Waals surface area contributed by atoms with E-state index in [1.807, 2.05) is 13.8 Å². The fourth-order valence-corrected chi connectivity index (χ4v) is 5.32. The Morgan fingerprint density at radius 2 is 0.816 bits per heavy atom. The molecule has 0 bridgehead atoms. The molecule has 0 aromatic heterocycles. The van der Waals surface area contributed by atoms with Gasteiger partial charge in [-0.1, -0.05) is 0 Å². The highest BCUT2D eigenvalue weighted by Gasteiger charge is 2.33. The Kier molecular flexibility index (Phi) is 15.2. The Labute approximate surface area is 235 Å². The van der Waals surface area contributed by atoms with Gasteiger partial charge in [0.05, 0.1) is 23.4 Å². The second-order valence-electron chi connectivity index (χ2n) is 13.7. The zero-order chi connectivity index (χ0) is 29.3. The molecular formula is C30H64N4O4. The minimum absolute atomic E-state index is 0.0626. The highest BCUT2D eigenvalue weighted by Crippen LogP contribution is 2.22.